The van der Waals surface area contributed by atoms with Crippen LogP contribution in [0.15, 0.2) is 47.8 Å². The van der Waals surface area contributed by atoms with Crippen LogP contribution in [0.1, 0.15) is 29.8 Å². The molecule has 0 aliphatic carbocycles. The van der Waals surface area contributed by atoms with E-state index in [1.165, 1.54) is 16.9 Å². The highest BCUT2D eigenvalue weighted by Gasteiger charge is 2.23. The molecule has 3 rings (SSSR count). The standard InChI is InChI=1S/C17H22N2S/c1-14-9-10-18-17(15-6-3-2-4-7-15)13-19(14)12-16-8-5-11-20-16/h2-8,11,14,17-18H,9-10,12-13H2,1H3. The Bertz CT molecular complexity index is 509. The molecule has 1 aliphatic rings. The fourth-order valence-electron chi connectivity index (χ4n) is 2.86. The molecule has 106 valence electrons. The van der Waals surface area contributed by atoms with Crippen LogP contribution in [-0.4, -0.2) is 24.0 Å². The third-order valence-electron chi connectivity index (χ3n) is 4.13. The highest BCUT2D eigenvalue weighted by atomic mass is 32.1. The molecule has 2 aromatic rings. The summed E-state index contributed by atoms with van der Waals surface area (Å²) in [4.78, 5) is 4.08. The van der Waals surface area contributed by atoms with Crippen molar-refractivity contribution < 1.29 is 0 Å². The Balaban J connectivity index is 1.74. The van der Waals surface area contributed by atoms with Crippen molar-refractivity contribution in [1.29, 1.82) is 0 Å². The fraction of sp³-hybridized carbons (Fsp3) is 0.412. The summed E-state index contributed by atoms with van der Waals surface area (Å²) in [5.74, 6) is 0. The first-order chi connectivity index (χ1) is 9.83. The lowest BCUT2D eigenvalue weighted by molar-refractivity contribution is 0.198. The van der Waals surface area contributed by atoms with E-state index in [1.807, 2.05) is 11.3 Å². The minimum Gasteiger partial charge on any atom is -0.309 e. The Morgan fingerprint density at radius 1 is 1.20 bits per heavy atom. The molecule has 0 saturated carbocycles. The minimum atomic E-state index is 0.445. The van der Waals surface area contributed by atoms with Crippen molar-refractivity contribution in [2.24, 2.45) is 0 Å². The van der Waals surface area contributed by atoms with Gasteiger partial charge in [-0.15, -0.1) is 11.3 Å². The second kappa shape index (κ2) is 6.53. The molecule has 0 spiro atoms. The summed E-state index contributed by atoms with van der Waals surface area (Å²) in [6.07, 6.45) is 1.22. The number of hydrogen-bond acceptors (Lipinski definition) is 3. The molecule has 20 heavy (non-hydrogen) atoms. The zero-order chi connectivity index (χ0) is 13.8. The molecular weight excluding hydrogens is 264 g/mol. The predicted octanol–water partition coefficient (Wildman–Crippen LogP) is 3.67. The van der Waals surface area contributed by atoms with E-state index < -0.39 is 0 Å². The van der Waals surface area contributed by atoms with Crippen LogP contribution in [0.2, 0.25) is 0 Å². The number of benzene rings is 1. The lowest BCUT2D eigenvalue weighted by Gasteiger charge is -2.28. The predicted molar refractivity (Wildman–Crippen MR) is 86.0 cm³/mol. The molecule has 0 bridgehead atoms. The van der Waals surface area contributed by atoms with Crippen LogP contribution >= 0.6 is 11.3 Å². The second-order valence-electron chi connectivity index (χ2n) is 5.56. The Morgan fingerprint density at radius 2 is 2.05 bits per heavy atom. The maximum atomic E-state index is 3.70. The first-order valence-electron chi connectivity index (χ1n) is 7.37. The summed E-state index contributed by atoms with van der Waals surface area (Å²) in [5.41, 5.74) is 1.40. The van der Waals surface area contributed by atoms with Gasteiger partial charge in [-0.05, 0) is 36.9 Å². The van der Waals surface area contributed by atoms with Crippen molar-refractivity contribution in [3.63, 3.8) is 0 Å². The third-order valence-corrected chi connectivity index (χ3v) is 5.00. The van der Waals surface area contributed by atoms with Gasteiger partial charge >= 0.3 is 0 Å². The van der Waals surface area contributed by atoms with Gasteiger partial charge in [0.05, 0.1) is 0 Å². The average Bonchev–Trinajstić information content (AvgIpc) is 2.92. The molecule has 0 amide bonds. The Labute approximate surface area is 125 Å². The van der Waals surface area contributed by atoms with Gasteiger partial charge in [-0.3, -0.25) is 4.90 Å². The smallest absolute Gasteiger partial charge is 0.0449 e. The Morgan fingerprint density at radius 3 is 2.80 bits per heavy atom. The van der Waals surface area contributed by atoms with Crippen LogP contribution in [0.5, 0.6) is 0 Å². The molecule has 2 atom stereocenters. The number of hydrogen-bond donors (Lipinski definition) is 1. The average molecular weight is 286 g/mol. The monoisotopic (exact) mass is 286 g/mol. The van der Waals surface area contributed by atoms with Crippen LogP contribution in [0.4, 0.5) is 0 Å². The van der Waals surface area contributed by atoms with Gasteiger partial charge in [0.2, 0.25) is 0 Å². The quantitative estimate of drug-likeness (QED) is 0.926. The molecule has 3 heteroatoms. The van der Waals surface area contributed by atoms with E-state index in [-0.39, 0.29) is 0 Å². The zero-order valence-electron chi connectivity index (χ0n) is 12.0. The summed E-state index contributed by atoms with van der Waals surface area (Å²) in [7, 11) is 0. The summed E-state index contributed by atoms with van der Waals surface area (Å²) < 4.78 is 0. The highest BCUT2D eigenvalue weighted by molar-refractivity contribution is 7.09. The molecule has 1 aromatic carbocycles. The number of rotatable bonds is 3. The van der Waals surface area contributed by atoms with Gasteiger partial charge < -0.3 is 5.32 Å². The normalized spacial score (nSPS) is 24.4. The third kappa shape index (κ3) is 3.29. The van der Waals surface area contributed by atoms with Crippen LogP contribution in [0.3, 0.4) is 0 Å². The number of thiophene rings is 1. The molecule has 2 nitrogen and oxygen atoms in total. The van der Waals surface area contributed by atoms with E-state index in [0.29, 0.717) is 12.1 Å². The van der Waals surface area contributed by atoms with Gasteiger partial charge in [-0.25, -0.2) is 0 Å². The van der Waals surface area contributed by atoms with Gasteiger partial charge in [0.15, 0.2) is 0 Å². The van der Waals surface area contributed by atoms with Crippen molar-refractivity contribution in [3.05, 3.63) is 58.3 Å². The summed E-state index contributed by atoms with van der Waals surface area (Å²) in [5, 5.41) is 5.87. The number of nitrogens with zero attached hydrogens (tertiary/aromatic N) is 1. The summed E-state index contributed by atoms with van der Waals surface area (Å²) in [6.45, 7) is 5.61. The van der Waals surface area contributed by atoms with E-state index in [4.69, 9.17) is 0 Å². The molecule has 1 N–H and O–H groups in total. The minimum absolute atomic E-state index is 0.445. The molecular formula is C17H22N2S. The fourth-order valence-corrected chi connectivity index (χ4v) is 3.59. The van der Waals surface area contributed by atoms with Crippen molar-refractivity contribution in [2.45, 2.75) is 32.0 Å². The first-order valence-corrected chi connectivity index (χ1v) is 8.25. The maximum absolute atomic E-state index is 3.70. The van der Waals surface area contributed by atoms with Crippen LogP contribution < -0.4 is 5.32 Å². The van der Waals surface area contributed by atoms with Crippen LogP contribution in [0, 0.1) is 0 Å². The molecule has 1 fully saturated rings. The molecule has 1 saturated heterocycles. The first kappa shape index (κ1) is 13.8. The van der Waals surface area contributed by atoms with E-state index in [1.54, 1.807) is 0 Å². The van der Waals surface area contributed by atoms with Gasteiger partial charge in [0, 0.05) is 30.1 Å². The molecule has 0 radical (unpaired) electrons. The van der Waals surface area contributed by atoms with Gasteiger partial charge in [0.1, 0.15) is 0 Å². The van der Waals surface area contributed by atoms with E-state index in [2.05, 4.69) is 65.0 Å². The van der Waals surface area contributed by atoms with Crippen molar-refractivity contribution in [2.75, 3.05) is 13.1 Å². The van der Waals surface area contributed by atoms with E-state index in [0.717, 1.165) is 19.6 Å². The van der Waals surface area contributed by atoms with Crippen LogP contribution in [0.25, 0.3) is 0 Å². The number of nitrogens with one attached hydrogen (secondary N) is 1. The molecule has 1 aliphatic heterocycles. The van der Waals surface area contributed by atoms with Crippen molar-refractivity contribution in [3.8, 4) is 0 Å². The van der Waals surface area contributed by atoms with Crippen LogP contribution in [-0.2, 0) is 6.54 Å². The molecule has 1 aromatic heterocycles. The lowest BCUT2D eigenvalue weighted by Crippen LogP contribution is -2.35. The summed E-state index contributed by atoms with van der Waals surface area (Å²) >= 11 is 1.86. The topological polar surface area (TPSA) is 15.3 Å². The van der Waals surface area contributed by atoms with E-state index >= 15 is 0 Å². The largest absolute Gasteiger partial charge is 0.309 e. The highest BCUT2D eigenvalue weighted by Crippen LogP contribution is 2.22. The Hall–Kier alpha value is -1.16. The van der Waals surface area contributed by atoms with Gasteiger partial charge in [0.25, 0.3) is 0 Å². The molecule has 2 unspecified atom stereocenters. The van der Waals surface area contributed by atoms with Gasteiger partial charge in [-0.1, -0.05) is 36.4 Å². The zero-order valence-corrected chi connectivity index (χ0v) is 12.8. The SMILES string of the molecule is CC1CCNC(c2ccccc2)CN1Cc1cccs1. The van der Waals surface area contributed by atoms with Gasteiger partial charge in [-0.2, -0.15) is 0 Å². The Kier molecular flexibility index (Phi) is 4.51. The second-order valence-corrected chi connectivity index (χ2v) is 6.60. The van der Waals surface area contributed by atoms with Crippen molar-refractivity contribution >= 4 is 11.3 Å². The lowest BCUT2D eigenvalue weighted by atomic mass is 10.1. The maximum Gasteiger partial charge on any atom is 0.0449 e. The molecule has 2 heterocycles. The summed E-state index contributed by atoms with van der Waals surface area (Å²) in [6, 6.07) is 16.3. The van der Waals surface area contributed by atoms with E-state index in [9.17, 15) is 0 Å². The van der Waals surface area contributed by atoms with Crippen molar-refractivity contribution in [1.82, 2.24) is 10.2 Å².